The number of nitrogens with zero attached hydrogens (tertiary/aromatic N) is 3. The van der Waals surface area contributed by atoms with E-state index in [0.29, 0.717) is 17.4 Å². The van der Waals surface area contributed by atoms with Crippen LogP contribution in [0.1, 0.15) is 5.56 Å². The molecule has 6 nitrogen and oxygen atoms in total. The summed E-state index contributed by atoms with van der Waals surface area (Å²) in [6.07, 6.45) is 0. The van der Waals surface area contributed by atoms with Gasteiger partial charge in [0.15, 0.2) is 0 Å². The average Bonchev–Trinajstić information content (AvgIpc) is 3.37. The van der Waals surface area contributed by atoms with Crippen molar-refractivity contribution in [2.24, 2.45) is 18.9 Å². The first-order valence-corrected chi connectivity index (χ1v) is 9.99. The maximum atomic E-state index is 13.5. The molecule has 2 aliphatic rings. The van der Waals surface area contributed by atoms with Gasteiger partial charge >= 0.3 is 6.03 Å². The molecule has 5 rings (SSSR count). The zero-order valence-corrected chi connectivity index (χ0v) is 16.6. The van der Waals surface area contributed by atoms with Crippen molar-refractivity contribution in [1.29, 1.82) is 0 Å². The van der Waals surface area contributed by atoms with E-state index in [2.05, 4.69) is 15.6 Å². The molecule has 2 aromatic carbocycles. The van der Waals surface area contributed by atoms with Crippen LogP contribution in [0.4, 0.5) is 14.9 Å². The summed E-state index contributed by atoms with van der Waals surface area (Å²) in [6, 6.07) is 10.5. The number of halogens is 1. The van der Waals surface area contributed by atoms with Crippen molar-refractivity contribution >= 4 is 22.8 Å². The number of hydrogen-bond donors (Lipinski definition) is 2. The SMILES string of the molecule is Cc1cc(-c2nc3cc(F)ccc3n2C)ccc1NC(=O)N1C[C@H]2CNC[C@H]2C1. The number of likely N-dealkylation sites (tertiary alicyclic amines) is 1. The van der Waals surface area contributed by atoms with Crippen molar-refractivity contribution in [2.45, 2.75) is 6.92 Å². The van der Waals surface area contributed by atoms with Gasteiger partial charge in [-0.05, 0) is 54.7 Å². The van der Waals surface area contributed by atoms with Gasteiger partial charge in [0.2, 0.25) is 0 Å². The maximum absolute atomic E-state index is 13.5. The fourth-order valence-corrected chi connectivity index (χ4v) is 4.59. The van der Waals surface area contributed by atoms with Crippen LogP contribution in [0.25, 0.3) is 22.4 Å². The Morgan fingerprint density at radius 2 is 1.93 bits per heavy atom. The number of carbonyl (C=O) groups excluding carboxylic acids is 1. The fraction of sp³-hybridized carbons (Fsp3) is 0.364. The number of benzene rings is 2. The average molecular weight is 393 g/mol. The highest BCUT2D eigenvalue weighted by Gasteiger charge is 2.38. The summed E-state index contributed by atoms with van der Waals surface area (Å²) in [5, 5.41) is 6.45. The molecule has 150 valence electrons. The van der Waals surface area contributed by atoms with Crippen LogP contribution >= 0.6 is 0 Å². The van der Waals surface area contributed by atoms with Gasteiger partial charge in [-0.3, -0.25) is 0 Å². The van der Waals surface area contributed by atoms with E-state index in [4.69, 9.17) is 0 Å². The molecule has 0 bridgehead atoms. The molecule has 2 amide bonds. The van der Waals surface area contributed by atoms with Crippen molar-refractivity contribution in [3.8, 4) is 11.4 Å². The zero-order chi connectivity index (χ0) is 20.1. The van der Waals surface area contributed by atoms with E-state index in [1.165, 1.54) is 12.1 Å². The van der Waals surface area contributed by atoms with Gasteiger partial charge in [-0.15, -0.1) is 0 Å². The molecule has 2 fully saturated rings. The van der Waals surface area contributed by atoms with E-state index in [1.807, 2.05) is 41.6 Å². The minimum absolute atomic E-state index is 0.0338. The monoisotopic (exact) mass is 393 g/mol. The number of rotatable bonds is 2. The van der Waals surface area contributed by atoms with Gasteiger partial charge in [0.05, 0.1) is 11.0 Å². The molecule has 1 aromatic heterocycles. The van der Waals surface area contributed by atoms with E-state index in [1.54, 1.807) is 6.07 Å². The van der Waals surface area contributed by atoms with Crippen molar-refractivity contribution in [2.75, 3.05) is 31.5 Å². The Kier molecular flexibility index (Phi) is 4.28. The molecule has 3 aromatic rings. The third kappa shape index (κ3) is 3.15. The lowest BCUT2D eigenvalue weighted by molar-refractivity contribution is 0.219. The zero-order valence-electron chi connectivity index (χ0n) is 16.6. The number of hydrogen-bond acceptors (Lipinski definition) is 3. The molecule has 0 unspecified atom stereocenters. The number of anilines is 1. The molecule has 29 heavy (non-hydrogen) atoms. The highest BCUT2D eigenvalue weighted by Crippen LogP contribution is 2.29. The number of amides is 2. The quantitative estimate of drug-likeness (QED) is 0.702. The lowest BCUT2D eigenvalue weighted by Crippen LogP contribution is -2.35. The smallest absolute Gasteiger partial charge is 0.321 e. The molecule has 2 aliphatic heterocycles. The van der Waals surface area contributed by atoms with E-state index in [9.17, 15) is 9.18 Å². The second kappa shape index (κ2) is 6.84. The molecule has 0 saturated carbocycles. The van der Waals surface area contributed by atoms with Gasteiger partial charge in [0, 0.05) is 50.5 Å². The standard InChI is InChI=1S/C22H24FN5O/c1-13-7-14(21-25-19-8-17(23)4-6-20(19)27(21)2)3-5-18(13)26-22(29)28-11-15-9-24-10-16(15)12-28/h3-8,15-16,24H,9-12H2,1-2H3,(H,26,29)/t15-,16+. The minimum Gasteiger partial charge on any atom is -0.327 e. The lowest BCUT2D eigenvalue weighted by Gasteiger charge is -2.19. The second-order valence-electron chi connectivity index (χ2n) is 8.17. The van der Waals surface area contributed by atoms with E-state index >= 15 is 0 Å². The van der Waals surface area contributed by atoms with Crippen molar-refractivity contribution in [3.05, 3.63) is 47.8 Å². The van der Waals surface area contributed by atoms with E-state index in [-0.39, 0.29) is 11.8 Å². The summed E-state index contributed by atoms with van der Waals surface area (Å²) in [5.41, 5.74) is 4.22. The van der Waals surface area contributed by atoms with Gasteiger partial charge in [-0.25, -0.2) is 14.2 Å². The molecule has 0 radical (unpaired) electrons. The summed E-state index contributed by atoms with van der Waals surface area (Å²) in [5.74, 6) is 1.63. The minimum atomic E-state index is -0.293. The first-order chi connectivity index (χ1) is 14.0. The van der Waals surface area contributed by atoms with Crippen molar-refractivity contribution in [1.82, 2.24) is 19.8 Å². The summed E-state index contributed by atoms with van der Waals surface area (Å²) in [6.45, 7) is 5.62. The summed E-state index contributed by atoms with van der Waals surface area (Å²) >= 11 is 0. The maximum Gasteiger partial charge on any atom is 0.321 e. The highest BCUT2D eigenvalue weighted by molar-refractivity contribution is 5.91. The number of fused-ring (bicyclic) bond motifs is 2. The topological polar surface area (TPSA) is 62.2 Å². The first kappa shape index (κ1) is 18.1. The van der Waals surface area contributed by atoms with Crippen LogP contribution in [0, 0.1) is 24.6 Å². The molecule has 0 aliphatic carbocycles. The van der Waals surface area contributed by atoms with Crippen LogP contribution < -0.4 is 10.6 Å². The normalized spacial score (nSPS) is 21.0. The Hall–Kier alpha value is -2.93. The highest BCUT2D eigenvalue weighted by atomic mass is 19.1. The van der Waals surface area contributed by atoms with Gasteiger partial charge in [0.25, 0.3) is 0 Å². The molecule has 2 saturated heterocycles. The van der Waals surface area contributed by atoms with Gasteiger partial charge in [-0.1, -0.05) is 0 Å². The number of aryl methyl sites for hydroxylation is 2. The Morgan fingerprint density at radius 1 is 1.17 bits per heavy atom. The predicted octanol–water partition coefficient (Wildman–Crippen LogP) is 3.37. The largest absolute Gasteiger partial charge is 0.327 e. The number of nitrogens with one attached hydrogen (secondary N) is 2. The van der Waals surface area contributed by atoms with Gasteiger partial charge in [-0.2, -0.15) is 0 Å². The van der Waals surface area contributed by atoms with Gasteiger partial charge < -0.3 is 20.1 Å². The lowest BCUT2D eigenvalue weighted by atomic mass is 10.0. The Morgan fingerprint density at radius 3 is 2.66 bits per heavy atom. The third-order valence-electron chi connectivity index (χ3n) is 6.25. The number of imidazole rings is 1. The Balaban J connectivity index is 1.37. The summed E-state index contributed by atoms with van der Waals surface area (Å²) < 4.78 is 15.5. The van der Waals surface area contributed by atoms with Crippen molar-refractivity contribution in [3.63, 3.8) is 0 Å². The van der Waals surface area contributed by atoms with Crippen LogP contribution in [0.2, 0.25) is 0 Å². The van der Waals surface area contributed by atoms with E-state index < -0.39 is 0 Å². The Labute approximate surface area is 168 Å². The number of urea groups is 1. The van der Waals surface area contributed by atoms with Crippen LogP contribution in [-0.4, -0.2) is 46.7 Å². The second-order valence-corrected chi connectivity index (χ2v) is 8.17. The molecular formula is C22H24FN5O. The van der Waals surface area contributed by atoms with E-state index in [0.717, 1.165) is 54.3 Å². The van der Waals surface area contributed by atoms with Crippen LogP contribution in [0.5, 0.6) is 0 Å². The molecule has 7 heteroatoms. The third-order valence-corrected chi connectivity index (χ3v) is 6.25. The number of carbonyl (C=O) groups is 1. The molecule has 2 atom stereocenters. The Bertz CT molecular complexity index is 1100. The van der Waals surface area contributed by atoms with Crippen LogP contribution in [0.3, 0.4) is 0 Å². The van der Waals surface area contributed by atoms with Crippen LogP contribution in [0.15, 0.2) is 36.4 Å². The molecule has 3 heterocycles. The van der Waals surface area contributed by atoms with Crippen LogP contribution in [-0.2, 0) is 7.05 Å². The predicted molar refractivity (Wildman–Crippen MR) is 111 cm³/mol. The molecule has 2 N–H and O–H groups in total. The van der Waals surface area contributed by atoms with Gasteiger partial charge in [0.1, 0.15) is 11.6 Å². The number of aromatic nitrogens is 2. The fourth-order valence-electron chi connectivity index (χ4n) is 4.59. The first-order valence-electron chi connectivity index (χ1n) is 9.99. The molecular weight excluding hydrogens is 369 g/mol. The van der Waals surface area contributed by atoms with Crippen molar-refractivity contribution < 1.29 is 9.18 Å². The summed E-state index contributed by atoms with van der Waals surface area (Å²) in [7, 11) is 1.92. The summed E-state index contributed by atoms with van der Waals surface area (Å²) in [4.78, 5) is 19.2. The molecule has 0 spiro atoms.